The largest absolute Gasteiger partial charge is 0.484 e. The van der Waals surface area contributed by atoms with Gasteiger partial charge in [0.05, 0.1) is 18.0 Å². The third-order valence-corrected chi connectivity index (χ3v) is 5.56. The van der Waals surface area contributed by atoms with Gasteiger partial charge in [-0.1, -0.05) is 11.3 Å². The van der Waals surface area contributed by atoms with E-state index in [2.05, 4.69) is 20.6 Å². The molecule has 8 heteroatoms. The molecule has 31 heavy (non-hydrogen) atoms. The number of pyridine rings is 1. The first-order valence-electron chi connectivity index (χ1n) is 10.6. The zero-order chi connectivity index (χ0) is 21.8. The lowest BCUT2D eigenvalue weighted by Gasteiger charge is -2.26. The molecule has 2 heterocycles. The maximum absolute atomic E-state index is 12.9. The molecule has 1 aliphatic carbocycles. The van der Waals surface area contributed by atoms with Gasteiger partial charge in [-0.2, -0.15) is 0 Å². The average Bonchev–Trinajstić information content (AvgIpc) is 3.22. The third kappa shape index (κ3) is 5.08. The van der Waals surface area contributed by atoms with Gasteiger partial charge in [0.15, 0.2) is 0 Å². The monoisotopic (exact) mass is 421 g/mol. The van der Waals surface area contributed by atoms with E-state index in [1.54, 1.807) is 42.3 Å². The number of amides is 1. The lowest BCUT2D eigenvalue weighted by molar-refractivity contribution is 0.0867. The summed E-state index contributed by atoms with van der Waals surface area (Å²) < 4.78 is 7.81. The zero-order valence-electron chi connectivity index (χ0n) is 17.7. The van der Waals surface area contributed by atoms with Crippen LogP contribution in [0.2, 0.25) is 0 Å². The molecule has 1 aliphatic rings. The van der Waals surface area contributed by atoms with Crippen molar-refractivity contribution in [1.29, 1.82) is 0 Å². The molecule has 3 aromatic rings. The molecule has 0 spiro atoms. The van der Waals surface area contributed by atoms with Gasteiger partial charge >= 0.3 is 0 Å². The lowest BCUT2D eigenvalue weighted by Crippen LogP contribution is -2.38. The molecule has 1 fully saturated rings. The number of benzene rings is 1. The summed E-state index contributed by atoms with van der Waals surface area (Å²) >= 11 is 0. The van der Waals surface area contributed by atoms with Crippen molar-refractivity contribution in [2.45, 2.75) is 50.9 Å². The van der Waals surface area contributed by atoms with Gasteiger partial charge in [-0.3, -0.25) is 14.5 Å². The summed E-state index contributed by atoms with van der Waals surface area (Å²) in [4.78, 5) is 17.2. The Bertz CT molecular complexity index is 1030. The van der Waals surface area contributed by atoms with Crippen LogP contribution < -0.4 is 10.1 Å². The number of aryl methyl sites for hydroxylation is 1. The molecule has 1 atom stereocenters. The van der Waals surface area contributed by atoms with E-state index in [9.17, 15) is 9.90 Å². The van der Waals surface area contributed by atoms with Crippen molar-refractivity contribution in [3.05, 3.63) is 60.0 Å². The Morgan fingerprint density at radius 2 is 2.03 bits per heavy atom. The second-order valence-corrected chi connectivity index (χ2v) is 7.98. The van der Waals surface area contributed by atoms with Crippen molar-refractivity contribution >= 4 is 5.91 Å². The first kappa shape index (κ1) is 21.0. The molecule has 0 unspecified atom stereocenters. The second-order valence-electron chi connectivity index (χ2n) is 7.98. The molecule has 1 aromatic carbocycles. The van der Waals surface area contributed by atoms with Gasteiger partial charge in [0.25, 0.3) is 5.91 Å². The fourth-order valence-corrected chi connectivity index (χ4v) is 3.80. The predicted molar refractivity (Wildman–Crippen MR) is 115 cm³/mol. The van der Waals surface area contributed by atoms with Crippen LogP contribution in [-0.4, -0.2) is 43.1 Å². The number of hydrogen-bond donors (Lipinski definition) is 2. The van der Waals surface area contributed by atoms with Gasteiger partial charge in [0.1, 0.15) is 17.5 Å². The fourth-order valence-electron chi connectivity index (χ4n) is 3.80. The van der Waals surface area contributed by atoms with E-state index in [1.165, 1.54) is 0 Å². The molecule has 0 bridgehead atoms. The number of aliphatic hydroxyl groups excluding tert-OH is 1. The Balaban J connectivity index is 1.58. The number of nitrogens with one attached hydrogen (secondary N) is 1. The quantitative estimate of drug-likeness (QED) is 0.634. The molecule has 2 aromatic heterocycles. The molecular formula is C23H27N5O3. The number of rotatable bonds is 6. The fraction of sp³-hybridized carbons (Fsp3) is 0.391. The number of carbonyl (C=O) groups excluding carboxylic acids is 1. The molecule has 2 N–H and O–H groups in total. The Morgan fingerprint density at radius 1 is 1.23 bits per heavy atom. The minimum atomic E-state index is -0.273. The van der Waals surface area contributed by atoms with Gasteiger partial charge in [-0.15, -0.1) is 5.10 Å². The van der Waals surface area contributed by atoms with Crippen molar-refractivity contribution in [1.82, 2.24) is 25.3 Å². The standard InChI is InChI=1S/C23H27N5O3/c1-15(20-5-3-4-12-24-20)31-22-11-6-16(13-19(22)21-14-28(2)27-26-21)23(30)25-17-7-9-18(29)10-8-17/h3-6,11-15,17-18,29H,7-10H2,1-2H3,(H,25,30)/t15-,17?,18?/m0/s1. The minimum Gasteiger partial charge on any atom is -0.484 e. The number of ether oxygens (including phenoxy) is 1. The smallest absolute Gasteiger partial charge is 0.251 e. The van der Waals surface area contributed by atoms with Gasteiger partial charge in [-0.05, 0) is 62.9 Å². The van der Waals surface area contributed by atoms with Crippen molar-refractivity contribution in [3.8, 4) is 17.0 Å². The van der Waals surface area contributed by atoms with Crippen molar-refractivity contribution in [3.63, 3.8) is 0 Å². The van der Waals surface area contributed by atoms with E-state index in [1.807, 2.05) is 25.1 Å². The minimum absolute atomic E-state index is 0.0796. The van der Waals surface area contributed by atoms with Crippen LogP contribution in [0.3, 0.4) is 0 Å². The van der Waals surface area contributed by atoms with Crippen LogP contribution in [0.4, 0.5) is 0 Å². The van der Waals surface area contributed by atoms with Crippen LogP contribution in [0, 0.1) is 0 Å². The molecule has 4 rings (SSSR count). The number of aromatic nitrogens is 4. The SMILES string of the molecule is C[C@H](Oc1ccc(C(=O)NC2CCC(O)CC2)cc1-c1cn(C)nn1)c1ccccn1. The van der Waals surface area contributed by atoms with E-state index < -0.39 is 0 Å². The van der Waals surface area contributed by atoms with Crippen molar-refractivity contribution < 1.29 is 14.6 Å². The summed E-state index contributed by atoms with van der Waals surface area (Å²) in [6, 6.07) is 11.1. The Morgan fingerprint density at radius 3 is 2.71 bits per heavy atom. The number of hydrogen-bond acceptors (Lipinski definition) is 6. The molecule has 0 aliphatic heterocycles. The maximum Gasteiger partial charge on any atom is 0.251 e. The molecule has 1 saturated carbocycles. The first-order chi connectivity index (χ1) is 15.0. The zero-order valence-corrected chi connectivity index (χ0v) is 17.7. The molecule has 0 saturated heterocycles. The van der Waals surface area contributed by atoms with Crippen molar-refractivity contribution in [2.75, 3.05) is 0 Å². The number of carbonyl (C=O) groups is 1. The summed E-state index contributed by atoms with van der Waals surface area (Å²) in [5, 5.41) is 21.0. The van der Waals surface area contributed by atoms with Gasteiger partial charge in [0, 0.05) is 30.4 Å². The Kier molecular flexibility index (Phi) is 6.27. The van der Waals surface area contributed by atoms with Crippen LogP contribution >= 0.6 is 0 Å². The average molecular weight is 422 g/mol. The van der Waals surface area contributed by atoms with Crippen LogP contribution in [0.25, 0.3) is 11.3 Å². The summed E-state index contributed by atoms with van der Waals surface area (Å²) in [6.45, 7) is 1.93. The Hall–Kier alpha value is -3.26. The highest BCUT2D eigenvalue weighted by Crippen LogP contribution is 2.33. The normalized spacial score (nSPS) is 19.6. The van der Waals surface area contributed by atoms with Crippen LogP contribution in [0.15, 0.2) is 48.8 Å². The number of nitrogens with zero attached hydrogens (tertiary/aromatic N) is 4. The number of aliphatic hydroxyl groups is 1. The van der Waals surface area contributed by atoms with E-state index in [0.717, 1.165) is 18.5 Å². The second kappa shape index (κ2) is 9.26. The van der Waals surface area contributed by atoms with Gasteiger partial charge < -0.3 is 15.2 Å². The molecule has 0 radical (unpaired) electrons. The first-order valence-corrected chi connectivity index (χ1v) is 10.6. The van der Waals surface area contributed by atoms with E-state index in [4.69, 9.17) is 4.74 Å². The predicted octanol–water partition coefficient (Wildman–Crippen LogP) is 3.05. The van der Waals surface area contributed by atoms with Crippen LogP contribution in [0.5, 0.6) is 5.75 Å². The summed E-state index contributed by atoms with van der Waals surface area (Å²) in [5.74, 6) is 0.465. The molecular weight excluding hydrogens is 394 g/mol. The third-order valence-electron chi connectivity index (χ3n) is 5.56. The highest BCUT2D eigenvalue weighted by atomic mass is 16.5. The highest BCUT2D eigenvalue weighted by Gasteiger charge is 2.22. The Labute approximate surface area is 181 Å². The van der Waals surface area contributed by atoms with E-state index in [-0.39, 0.29) is 24.2 Å². The summed E-state index contributed by atoms with van der Waals surface area (Å²) in [5.41, 5.74) is 2.67. The lowest BCUT2D eigenvalue weighted by atomic mass is 9.93. The van der Waals surface area contributed by atoms with Crippen LogP contribution in [-0.2, 0) is 7.05 Å². The molecule has 162 valence electrons. The summed E-state index contributed by atoms with van der Waals surface area (Å²) in [6.07, 6.45) is 5.99. The summed E-state index contributed by atoms with van der Waals surface area (Å²) in [7, 11) is 1.79. The van der Waals surface area contributed by atoms with Crippen molar-refractivity contribution in [2.24, 2.45) is 7.05 Å². The van der Waals surface area contributed by atoms with E-state index >= 15 is 0 Å². The topological polar surface area (TPSA) is 102 Å². The van der Waals surface area contributed by atoms with Gasteiger partial charge in [0.2, 0.25) is 0 Å². The molecule has 1 amide bonds. The van der Waals surface area contributed by atoms with Crippen LogP contribution in [0.1, 0.15) is 54.8 Å². The maximum atomic E-state index is 12.9. The molecule has 8 nitrogen and oxygen atoms in total. The van der Waals surface area contributed by atoms with Gasteiger partial charge in [-0.25, -0.2) is 0 Å². The van der Waals surface area contributed by atoms with E-state index in [0.29, 0.717) is 35.4 Å². The highest BCUT2D eigenvalue weighted by molar-refractivity contribution is 5.96.